The molecule has 0 saturated carbocycles. The Bertz CT molecular complexity index is 1730. The summed E-state index contributed by atoms with van der Waals surface area (Å²) in [6.45, 7) is 11.5. The van der Waals surface area contributed by atoms with Gasteiger partial charge in [-0.25, -0.2) is 0 Å². The van der Waals surface area contributed by atoms with E-state index in [0.717, 1.165) is 94.6 Å². The van der Waals surface area contributed by atoms with Gasteiger partial charge in [-0.05, 0) is 130 Å². The van der Waals surface area contributed by atoms with Crippen molar-refractivity contribution in [2.75, 3.05) is 42.5 Å². The molecule has 0 bridgehead atoms. The average molecular weight is 694 g/mol. The van der Waals surface area contributed by atoms with Crippen molar-refractivity contribution in [3.05, 3.63) is 93.0 Å². The summed E-state index contributed by atoms with van der Waals surface area (Å²) in [5.74, 6) is 0.237. The van der Waals surface area contributed by atoms with Gasteiger partial charge in [0.15, 0.2) is 11.6 Å². The van der Waals surface area contributed by atoms with Crippen LogP contribution in [-0.4, -0.2) is 61.6 Å². The van der Waals surface area contributed by atoms with Crippen molar-refractivity contribution in [1.82, 2.24) is 10.2 Å². The number of fused-ring (bicyclic) bond motifs is 1. The van der Waals surface area contributed by atoms with Gasteiger partial charge in [-0.1, -0.05) is 23.7 Å². The van der Waals surface area contributed by atoms with E-state index in [-0.39, 0.29) is 11.6 Å². The van der Waals surface area contributed by atoms with Gasteiger partial charge in [0.25, 0.3) is 0 Å². The van der Waals surface area contributed by atoms with E-state index in [1.165, 1.54) is 31.5 Å². The number of carbonyl (C=O) groups is 3. The van der Waals surface area contributed by atoms with Gasteiger partial charge in [0.2, 0.25) is 6.41 Å². The third-order valence-electron chi connectivity index (χ3n) is 11.3. The Hall–Kier alpha value is -4.19. The number of hydrogen-bond donors (Lipinski definition) is 1. The Kier molecular flexibility index (Phi) is 11.0. The van der Waals surface area contributed by atoms with Gasteiger partial charge >= 0.3 is 0 Å². The first kappa shape index (κ1) is 35.6. The monoisotopic (exact) mass is 693 g/mol. The summed E-state index contributed by atoms with van der Waals surface area (Å²) < 4.78 is 0. The minimum Gasteiger partial charge on any atom is -0.371 e. The van der Waals surface area contributed by atoms with Crippen molar-refractivity contribution in [3.8, 4) is 6.07 Å². The summed E-state index contributed by atoms with van der Waals surface area (Å²) >= 11 is 6.38. The summed E-state index contributed by atoms with van der Waals surface area (Å²) in [7, 11) is 0. The predicted molar refractivity (Wildman–Crippen MR) is 199 cm³/mol. The Morgan fingerprint density at radius 2 is 1.62 bits per heavy atom. The van der Waals surface area contributed by atoms with Gasteiger partial charge in [0.1, 0.15) is 6.07 Å². The third kappa shape index (κ3) is 7.90. The molecule has 2 atom stereocenters. The summed E-state index contributed by atoms with van der Waals surface area (Å²) in [6.07, 6.45) is 7.12. The fourth-order valence-electron chi connectivity index (χ4n) is 8.55. The zero-order valence-electron chi connectivity index (χ0n) is 29.5. The van der Waals surface area contributed by atoms with E-state index in [9.17, 15) is 19.6 Å². The molecule has 3 aliphatic rings. The lowest BCUT2D eigenvalue weighted by Crippen LogP contribution is -2.41. The van der Waals surface area contributed by atoms with Crippen LogP contribution in [0.3, 0.4) is 0 Å². The van der Waals surface area contributed by atoms with Crippen LogP contribution in [0.1, 0.15) is 95.8 Å². The number of hydrogen-bond acceptors (Lipinski definition) is 7. The normalized spacial score (nSPS) is 18.9. The fraction of sp³-hybridized carbons (Fsp3) is 0.463. The van der Waals surface area contributed by atoms with Crippen LogP contribution in [0.2, 0.25) is 5.02 Å². The lowest BCUT2D eigenvalue weighted by molar-refractivity contribution is -0.109. The summed E-state index contributed by atoms with van der Waals surface area (Å²) in [6, 6.07) is 21.3. The Balaban J connectivity index is 1.03. The van der Waals surface area contributed by atoms with Crippen molar-refractivity contribution in [3.63, 3.8) is 0 Å². The molecule has 1 N–H and O–H groups in total. The van der Waals surface area contributed by atoms with Gasteiger partial charge in [-0.2, -0.15) is 5.26 Å². The first-order valence-corrected chi connectivity index (χ1v) is 18.3. The maximum absolute atomic E-state index is 12.2. The number of nitrogens with zero attached hydrogens (tertiary/aromatic N) is 4. The van der Waals surface area contributed by atoms with Crippen LogP contribution < -0.4 is 15.1 Å². The molecular formula is C41H48ClN5O3. The molecule has 0 aliphatic carbocycles. The van der Waals surface area contributed by atoms with Gasteiger partial charge in [-0.3, -0.25) is 19.3 Å². The maximum Gasteiger partial charge on any atom is 0.207 e. The number of nitriles is 1. The third-order valence-corrected chi connectivity index (χ3v) is 11.6. The van der Waals surface area contributed by atoms with Crippen LogP contribution in [0.25, 0.3) is 0 Å². The molecule has 3 aromatic rings. The molecule has 8 nitrogen and oxygen atoms in total. The second-order valence-electron chi connectivity index (χ2n) is 14.8. The van der Waals surface area contributed by atoms with Crippen molar-refractivity contribution < 1.29 is 14.4 Å². The van der Waals surface area contributed by atoms with Crippen LogP contribution in [0.15, 0.2) is 54.6 Å². The number of nitrogens with one attached hydrogen (secondary N) is 1. The smallest absolute Gasteiger partial charge is 0.207 e. The summed E-state index contributed by atoms with van der Waals surface area (Å²) in [5.41, 5.74) is 7.81. The highest BCUT2D eigenvalue weighted by Crippen LogP contribution is 2.46. The maximum atomic E-state index is 12.2. The van der Waals surface area contributed by atoms with E-state index in [2.05, 4.69) is 57.3 Å². The SMILES string of the molecule is CC(=O)c1cc2c(cc1C(C)=O)CN(CC(CCNC=O)CCc1ccc(N3CCC4(CC3)C[C@H](C)N(c3ccc(C#N)c(Cl)c3)C4)cc1)C2. The van der Waals surface area contributed by atoms with Gasteiger partial charge in [-0.15, -0.1) is 0 Å². The molecule has 0 aromatic heterocycles. The van der Waals surface area contributed by atoms with Gasteiger partial charge in [0.05, 0.1) is 10.6 Å². The van der Waals surface area contributed by atoms with E-state index < -0.39 is 0 Å². The minimum absolute atomic E-state index is 0.0773. The molecule has 0 radical (unpaired) electrons. The summed E-state index contributed by atoms with van der Waals surface area (Å²) in [5, 5.41) is 12.6. The molecule has 3 heterocycles. The second-order valence-corrected chi connectivity index (χ2v) is 15.2. The number of Topliss-reactive ketones (excluding diaryl/α,β-unsaturated/α-hetero) is 2. The Morgan fingerprint density at radius 3 is 2.20 bits per heavy atom. The summed E-state index contributed by atoms with van der Waals surface area (Å²) in [4.78, 5) is 42.9. The molecule has 3 aromatic carbocycles. The lowest BCUT2D eigenvalue weighted by atomic mass is 9.76. The molecule has 1 unspecified atom stereocenters. The number of piperidine rings is 1. The number of aryl methyl sites for hydroxylation is 1. The molecule has 50 heavy (non-hydrogen) atoms. The number of amides is 1. The number of benzene rings is 3. The first-order chi connectivity index (χ1) is 24.1. The second kappa shape index (κ2) is 15.4. The van der Waals surface area contributed by atoms with E-state index >= 15 is 0 Å². The van der Waals surface area contributed by atoms with Crippen LogP contribution in [0.5, 0.6) is 0 Å². The number of ketones is 2. The van der Waals surface area contributed by atoms with E-state index in [0.29, 0.717) is 45.6 Å². The van der Waals surface area contributed by atoms with Crippen LogP contribution >= 0.6 is 11.6 Å². The molecule has 262 valence electrons. The highest BCUT2D eigenvalue weighted by molar-refractivity contribution is 6.32. The molecule has 1 amide bonds. The molecule has 2 saturated heterocycles. The molecule has 6 rings (SSSR count). The lowest BCUT2D eigenvalue weighted by Gasteiger charge is -2.40. The number of anilines is 2. The van der Waals surface area contributed by atoms with E-state index in [1.54, 1.807) is 0 Å². The van der Waals surface area contributed by atoms with Gasteiger partial charge < -0.3 is 15.1 Å². The van der Waals surface area contributed by atoms with Crippen LogP contribution in [0.4, 0.5) is 11.4 Å². The standard InChI is InChI=1S/C41H48ClN5O3/c1-28-21-41(26-47(28)37-11-8-33(22-43)40(42)20-37)13-16-46(17-14-41)36-9-6-31(7-10-36)4-5-32(12-15-44-27-48)23-45-24-34-18-38(29(2)49)39(30(3)50)19-35(34)25-45/h6-11,18-20,27-28,32H,4-5,12-17,21,23-26H2,1-3H3,(H,44,48)/t28-,32?/m0/s1. The number of halogens is 1. The molecule has 2 fully saturated rings. The highest BCUT2D eigenvalue weighted by Gasteiger charge is 2.44. The zero-order chi connectivity index (χ0) is 35.4. The van der Waals surface area contributed by atoms with E-state index in [4.69, 9.17) is 11.6 Å². The molecular weight excluding hydrogens is 646 g/mol. The minimum atomic E-state index is -0.0773. The zero-order valence-corrected chi connectivity index (χ0v) is 30.3. The van der Waals surface area contributed by atoms with Crippen molar-refractivity contribution in [2.45, 2.75) is 78.4 Å². The fourth-order valence-corrected chi connectivity index (χ4v) is 8.77. The number of carbonyl (C=O) groups excluding carboxylic acids is 3. The Labute approximate surface area is 301 Å². The van der Waals surface area contributed by atoms with Gasteiger partial charge in [0, 0.05) is 74.4 Å². The highest BCUT2D eigenvalue weighted by atomic mass is 35.5. The first-order valence-electron chi connectivity index (χ1n) is 18.0. The van der Waals surface area contributed by atoms with Crippen molar-refractivity contribution in [2.24, 2.45) is 11.3 Å². The predicted octanol–water partition coefficient (Wildman–Crippen LogP) is 7.20. The van der Waals surface area contributed by atoms with Crippen LogP contribution in [-0.2, 0) is 24.3 Å². The van der Waals surface area contributed by atoms with E-state index in [1.807, 2.05) is 30.3 Å². The number of rotatable bonds is 13. The quantitative estimate of drug-likeness (QED) is 0.115. The average Bonchev–Trinajstić information content (AvgIpc) is 3.65. The topological polar surface area (TPSA) is 96.8 Å². The largest absolute Gasteiger partial charge is 0.371 e. The van der Waals surface area contributed by atoms with Crippen molar-refractivity contribution in [1.29, 1.82) is 5.26 Å². The van der Waals surface area contributed by atoms with Crippen molar-refractivity contribution >= 4 is 41.0 Å². The molecule has 1 spiro atoms. The van der Waals surface area contributed by atoms with Crippen LogP contribution in [0, 0.1) is 22.7 Å². The Morgan fingerprint density at radius 1 is 0.980 bits per heavy atom. The molecule has 9 heteroatoms. The molecule has 3 aliphatic heterocycles.